The summed E-state index contributed by atoms with van der Waals surface area (Å²) < 4.78 is 7.21. The van der Waals surface area contributed by atoms with E-state index in [0.717, 1.165) is 17.1 Å². The number of hydrogen-bond donors (Lipinski definition) is 1. The minimum absolute atomic E-state index is 0.136. The normalized spacial score (nSPS) is 11.7. The molecule has 1 unspecified atom stereocenters. The summed E-state index contributed by atoms with van der Waals surface area (Å²) in [5.41, 5.74) is 2.69. The van der Waals surface area contributed by atoms with Gasteiger partial charge in [-0.05, 0) is 48.9 Å². The molecule has 33 heavy (non-hydrogen) atoms. The second kappa shape index (κ2) is 10.6. The molecule has 0 bridgehead atoms. The van der Waals surface area contributed by atoms with E-state index in [0.29, 0.717) is 28.0 Å². The smallest absolute Gasteiger partial charge is 0.237 e. The molecule has 4 aromatic rings. The summed E-state index contributed by atoms with van der Waals surface area (Å²) in [6.45, 7) is 1.85. The van der Waals surface area contributed by atoms with Gasteiger partial charge in [0.2, 0.25) is 5.91 Å². The molecule has 1 atom stereocenters. The first-order valence-corrected chi connectivity index (χ1v) is 11.6. The van der Waals surface area contributed by atoms with E-state index in [9.17, 15) is 4.79 Å². The number of methoxy groups -OCH3 is 1. The number of rotatable bonds is 8. The van der Waals surface area contributed by atoms with Crippen molar-refractivity contribution in [3.63, 3.8) is 0 Å². The molecule has 8 heteroatoms. The predicted molar refractivity (Wildman–Crippen MR) is 133 cm³/mol. The molecule has 0 radical (unpaired) electrons. The van der Waals surface area contributed by atoms with Gasteiger partial charge in [-0.25, -0.2) is 0 Å². The van der Waals surface area contributed by atoms with Gasteiger partial charge in [0.1, 0.15) is 11.6 Å². The third-order valence-corrected chi connectivity index (χ3v) is 6.27. The Morgan fingerprint density at radius 3 is 2.55 bits per heavy atom. The van der Waals surface area contributed by atoms with Crippen molar-refractivity contribution in [2.24, 2.45) is 0 Å². The van der Waals surface area contributed by atoms with E-state index >= 15 is 0 Å². The number of nitrogens with one attached hydrogen (secondary N) is 1. The lowest BCUT2D eigenvalue weighted by Gasteiger charge is -2.14. The Balaban J connectivity index is 1.58. The molecular weight excluding hydrogens is 456 g/mol. The number of carbonyl (C=O) groups excluding carboxylic acids is 1. The molecule has 1 amide bonds. The van der Waals surface area contributed by atoms with Crippen molar-refractivity contribution in [2.45, 2.75) is 23.8 Å². The second-order valence-electron chi connectivity index (χ2n) is 7.35. The summed E-state index contributed by atoms with van der Waals surface area (Å²) >= 11 is 7.45. The van der Waals surface area contributed by atoms with Crippen molar-refractivity contribution in [1.29, 1.82) is 0 Å². The van der Waals surface area contributed by atoms with Gasteiger partial charge in [0.05, 0.1) is 12.4 Å². The van der Waals surface area contributed by atoms with Crippen molar-refractivity contribution in [3.05, 3.63) is 95.3 Å². The number of ether oxygens (including phenoxy) is 1. The molecule has 0 saturated carbocycles. The third-order valence-electron chi connectivity index (χ3n) is 4.98. The lowest BCUT2D eigenvalue weighted by Crippen LogP contribution is -2.23. The van der Waals surface area contributed by atoms with Crippen LogP contribution in [-0.4, -0.2) is 33.0 Å². The number of benzene rings is 3. The van der Waals surface area contributed by atoms with Gasteiger partial charge in [-0.15, -0.1) is 10.2 Å². The van der Waals surface area contributed by atoms with Crippen molar-refractivity contribution in [2.75, 3.05) is 12.4 Å². The van der Waals surface area contributed by atoms with Gasteiger partial charge in [-0.1, -0.05) is 59.8 Å². The summed E-state index contributed by atoms with van der Waals surface area (Å²) in [6.07, 6.45) is 0.613. The maximum absolute atomic E-state index is 12.9. The molecule has 0 aliphatic rings. The maximum atomic E-state index is 12.9. The molecule has 1 heterocycles. The largest absolute Gasteiger partial charge is 0.497 e. The van der Waals surface area contributed by atoms with Crippen molar-refractivity contribution in [1.82, 2.24) is 14.8 Å². The third kappa shape index (κ3) is 5.74. The van der Waals surface area contributed by atoms with Gasteiger partial charge in [0.15, 0.2) is 5.16 Å². The highest BCUT2D eigenvalue weighted by molar-refractivity contribution is 8.00. The van der Waals surface area contributed by atoms with Crippen LogP contribution in [0.25, 0.3) is 5.69 Å². The highest BCUT2D eigenvalue weighted by Crippen LogP contribution is 2.28. The van der Waals surface area contributed by atoms with Gasteiger partial charge in [-0.3, -0.25) is 9.36 Å². The van der Waals surface area contributed by atoms with Gasteiger partial charge in [-0.2, -0.15) is 0 Å². The molecule has 0 aliphatic heterocycles. The Morgan fingerprint density at radius 2 is 1.82 bits per heavy atom. The van der Waals surface area contributed by atoms with Crippen LogP contribution in [-0.2, 0) is 11.2 Å². The summed E-state index contributed by atoms with van der Waals surface area (Å²) in [7, 11) is 1.59. The number of hydrogen-bond acceptors (Lipinski definition) is 5. The summed E-state index contributed by atoms with van der Waals surface area (Å²) in [5.74, 6) is 1.33. The van der Waals surface area contributed by atoms with Crippen LogP contribution in [0.1, 0.15) is 18.3 Å². The van der Waals surface area contributed by atoms with Gasteiger partial charge >= 0.3 is 0 Å². The monoisotopic (exact) mass is 478 g/mol. The molecule has 0 aliphatic carbocycles. The zero-order chi connectivity index (χ0) is 23.2. The zero-order valence-electron chi connectivity index (χ0n) is 18.2. The highest BCUT2D eigenvalue weighted by atomic mass is 35.5. The Labute approximate surface area is 202 Å². The van der Waals surface area contributed by atoms with E-state index in [2.05, 4.69) is 27.6 Å². The molecule has 6 nitrogen and oxygen atoms in total. The number of anilines is 1. The number of halogens is 1. The first-order chi connectivity index (χ1) is 16.0. The molecular formula is C25H23ClN4O2S. The van der Waals surface area contributed by atoms with Crippen LogP contribution >= 0.6 is 23.4 Å². The minimum Gasteiger partial charge on any atom is -0.497 e. The number of nitrogens with zero attached hydrogens (tertiary/aromatic N) is 3. The lowest BCUT2D eigenvalue weighted by atomic mass is 10.1. The Morgan fingerprint density at radius 1 is 1.06 bits per heavy atom. The molecule has 168 valence electrons. The highest BCUT2D eigenvalue weighted by Gasteiger charge is 2.21. The second-order valence-corrected chi connectivity index (χ2v) is 9.10. The van der Waals surface area contributed by atoms with Crippen molar-refractivity contribution >= 4 is 35.0 Å². The first kappa shape index (κ1) is 22.9. The van der Waals surface area contributed by atoms with Crippen LogP contribution in [0.5, 0.6) is 5.75 Å². The maximum Gasteiger partial charge on any atom is 0.237 e. The summed E-state index contributed by atoms with van der Waals surface area (Å²) in [5, 5.41) is 12.7. The van der Waals surface area contributed by atoms with Crippen LogP contribution in [0.15, 0.2) is 84.0 Å². The van der Waals surface area contributed by atoms with Gasteiger partial charge in [0, 0.05) is 28.9 Å². The van der Waals surface area contributed by atoms with Crippen LogP contribution < -0.4 is 10.1 Å². The fourth-order valence-corrected chi connectivity index (χ4v) is 4.29. The standard InChI is InChI=1S/C25H23ClN4O2S/c1-17(24(31)27-20-9-6-10-22(16-20)32-2)33-25-29-28-23(15-18-7-4-3-5-8-18)30(25)21-13-11-19(26)12-14-21/h3-14,16-17H,15H2,1-2H3,(H,27,31). The van der Waals surface area contributed by atoms with E-state index < -0.39 is 5.25 Å². The van der Waals surface area contributed by atoms with Crippen molar-refractivity contribution < 1.29 is 9.53 Å². The predicted octanol–water partition coefficient (Wildman–Crippen LogP) is 5.64. The quantitative estimate of drug-likeness (QED) is 0.332. The molecule has 1 N–H and O–H groups in total. The molecule has 1 aromatic heterocycles. The molecule has 3 aromatic carbocycles. The zero-order valence-corrected chi connectivity index (χ0v) is 19.8. The van der Waals surface area contributed by atoms with Crippen LogP contribution in [0.4, 0.5) is 5.69 Å². The number of carbonyl (C=O) groups is 1. The van der Waals surface area contributed by atoms with Gasteiger partial charge in [0.25, 0.3) is 0 Å². The van der Waals surface area contributed by atoms with Crippen LogP contribution in [0.2, 0.25) is 5.02 Å². The van der Waals surface area contributed by atoms with E-state index in [4.69, 9.17) is 16.3 Å². The molecule has 4 rings (SSSR count). The molecule has 0 fully saturated rings. The fraction of sp³-hybridized carbons (Fsp3) is 0.160. The van der Waals surface area contributed by atoms with Gasteiger partial charge < -0.3 is 10.1 Å². The molecule has 0 spiro atoms. The van der Waals surface area contributed by atoms with E-state index in [-0.39, 0.29) is 5.91 Å². The van der Waals surface area contributed by atoms with Crippen LogP contribution in [0, 0.1) is 0 Å². The average molecular weight is 479 g/mol. The summed E-state index contributed by atoms with van der Waals surface area (Å²) in [4.78, 5) is 12.9. The SMILES string of the molecule is COc1cccc(NC(=O)C(C)Sc2nnc(Cc3ccccc3)n2-c2ccc(Cl)cc2)c1. The Bertz CT molecular complexity index is 1230. The minimum atomic E-state index is -0.406. The average Bonchev–Trinajstić information content (AvgIpc) is 3.22. The number of amides is 1. The van der Waals surface area contributed by atoms with Crippen LogP contribution in [0.3, 0.4) is 0 Å². The number of thioether (sulfide) groups is 1. The first-order valence-electron chi connectivity index (χ1n) is 10.4. The fourth-order valence-electron chi connectivity index (χ4n) is 3.28. The topological polar surface area (TPSA) is 69.0 Å². The Kier molecular flexibility index (Phi) is 7.32. The van der Waals surface area contributed by atoms with E-state index in [1.165, 1.54) is 11.8 Å². The molecule has 0 saturated heterocycles. The lowest BCUT2D eigenvalue weighted by molar-refractivity contribution is -0.115. The van der Waals surface area contributed by atoms with E-state index in [1.54, 1.807) is 13.2 Å². The van der Waals surface area contributed by atoms with Crippen molar-refractivity contribution in [3.8, 4) is 11.4 Å². The number of aromatic nitrogens is 3. The Hall–Kier alpha value is -3.29. The summed E-state index contributed by atoms with van der Waals surface area (Å²) in [6, 6.07) is 24.9. The van der Waals surface area contributed by atoms with E-state index in [1.807, 2.05) is 72.2 Å².